The van der Waals surface area contributed by atoms with Crippen molar-refractivity contribution in [3.05, 3.63) is 50.1 Å². The summed E-state index contributed by atoms with van der Waals surface area (Å²) < 4.78 is 0. The van der Waals surface area contributed by atoms with Gasteiger partial charge < -0.3 is 0 Å². The molecule has 1 aromatic heterocycles. The van der Waals surface area contributed by atoms with Crippen molar-refractivity contribution in [2.24, 2.45) is 4.99 Å². The van der Waals surface area contributed by atoms with Gasteiger partial charge in [0, 0.05) is 11.8 Å². The summed E-state index contributed by atoms with van der Waals surface area (Å²) in [4.78, 5) is 17.8. The lowest BCUT2D eigenvalue weighted by Gasteiger charge is -1.98. The van der Waals surface area contributed by atoms with Crippen LogP contribution in [0.2, 0.25) is 10.0 Å². The van der Waals surface area contributed by atoms with Crippen molar-refractivity contribution < 1.29 is 4.92 Å². The SMILES string of the molecule is O=[N+]([O-])c1cnc(/N=C\c2c(Cl)cccc2Cl)s1. The van der Waals surface area contributed by atoms with Crippen molar-refractivity contribution in [1.29, 1.82) is 0 Å². The molecule has 92 valence electrons. The fourth-order valence-electron chi connectivity index (χ4n) is 1.15. The molecule has 0 saturated carbocycles. The Bertz CT molecular complexity index is 607. The molecule has 0 atom stereocenters. The second-order valence-corrected chi connectivity index (χ2v) is 4.93. The largest absolute Gasteiger partial charge is 0.345 e. The van der Waals surface area contributed by atoms with Crippen LogP contribution in [0.3, 0.4) is 0 Å². The third kappa shape index (κ3) is 2.84. The highest BCUT2D eigenvalue weighted by atomic mass is 35.5. The summed E-state index contributed by atoms with van der Waals surface area (Å²) in [6.07, 6.45) is 2.60. The van der Waals surface area contributed by atoms with E-state index in [0.29, 0.717) is 15.6 Å². The molecule has 0 unspecified atom stereocenters. The summed E-state index contributed by atoms with van der Waals surface area (Å²) in [7, 11) is 0. The number of thiazole rings is 1. The maximum absolute atomic E-state index is 10.5. The van der Waals surface area contributed by atoms with E-state index < -0.39 is 4.92 Å². The molecule has 0 aliphatic heterocycles. The van der Waals surface area contributed by atoms with E-state index in [1.54, 1.807) is 18.2 Å². The number of nitro groups is 1. The lowest BCUT2D eigenvalue weighted by Crippen LogP contribution is -1.84. The average molecular weight is 302 g/mol. The second kappa shape index (κ2) is 5.43. The van der Waals surface area contributed by atoms with Gasteiger partial charge in [-0.05, 0) is 23.5 Å². The Morgan fingerprint density at radius 1 is 1.39 bits per heavy atom. The summed E-state index contributed by atoms with van der Waals surface area (Å²) in [5.41, 5.74) is 0.554. The number of aliphatic imine (C=N–C) groups is 1. The minimum atomic E-state index is -0.515. The van der Waals surface area contributed by atoms with Crippen LogP contribution in [0.4, 0.5) is 10.1 Å². The maximum atomic E-state index is 10.5. The molecule has 0 N–H and O–H groups in total. The van der Waals surface area contributed by atoms with Crippen LogP contribution in [0.5, 0.6) is 0 Å². The minimum absolute atomic E-state index is 0.0626. The van der Waals surface area contributed by atoms with Crippen LogP contribution in [-0.4, -0.2) is 16.1 Å². The summed E-state index contributed by atoms with van der Waals surface area (Å²) in [5.74, 6) is 0. The van der Waals surface area contributed by atoms with Crippen LogP contribution in [-0.2, 0) is 0 Å². The third-order valence-electron chi connectivity index (χ3n) is 1.97. The number of halogens is 2. The van der Waals surface area contributed by atoms with E-state index in [2.05, 4.69) is 9.98 Å². The Kier molecular flexibility index (Phi) is 3.90. The first-order valence-corrected chi connectivity index (χ1v) is 6.23. The van der Waals surface area contributed by atoms with Crippen molar-refractivity contribution in [2.75, 3.05) is 0 Å². The molecule has 0 amide bonds. The first-order chi connectivity index (χ1) is 8.58. The normalized spacial score (nSPS) is 11.0. The van der Waals surface area contributed by atoms with Gasteiger partial charge in [0.2, 0.25) is 5.13 Å². The fourth-order valence-corrected chi connectivity index (χ4v) is 2.23. The van der Waals surface area contributed by atoms with Gasteiger partial charge in [-0.25, -0.2) is 9.98 Å². The van der Waals surface area contributed by atoms with E-state index in [-0.39, 0.29) is 10.1 Å². The monoisotopic (exact) mass is 301 g/mol. The molecule has 0 bridgehead atoms. The van der Waals surface area contributed by atoms with Crippen LogP contribution in [0.25, 0.3) is 0 Å². The quantitative estimate of drug-likeness (QED) is 0.487. The zero-order valence-corrected chi connectivity index (χ0v) is 11.0. The molecule has 0 fully saturated rings. The van der Waals surface area contributed by atoms with Crippen molar-refractivity contribution in [1.82, 2.24) is 4.98 Å². The van der Waals surface area contributed by atoms with E-state index >= 15 is 0 Å². The number of hydrogen-bond acceptors (Lipinski definition) is 5. The van der Waals surface area contributed by atoms with Gasteiger partial charge in [0.05, 0.1) is 15.0 Å². The highest BCUT2D eigenvalue weighted by Crippen LogP contribution is 2.28. The van der Waals surface area contributed by atoms with Crippen molar-refractivity contribution in [2.45, 2.75) is 0 Å². The molecule has 0 aliphatic carbocycles. The fraction of sp³-hybridized carbons (Fsp3) is 0. The van der Waals surface area contributed by atoms with E-state index in [9.17, 15) is 10.1 Å². The van der Waals surface area contributed by atoms with Gasteiger partial charge in [-0.1, -0.05) is 29.3 Å². The van der Waals surface area contributed by atoms with Crippen LogP contribution in [0.1, 0.15) is 5.56 Å². The Morgan fingerprint density at radius 2 is 2.06 bits per heavy atom. The summed E-state index contributed by atoms with van der Waals surface area (Å²) in [5, 5.41) is 11.6. The maximum Gasteiger partial charge on any atom is 0.345 e. The first-order valence-electron chi connectivity index (χ1n) is 4.66. The van der Waals surface area contributed by atoms with E-state index in [4.69, 9.17) is 23.2 Å². The van der Waals surface area contributed by atoms with E-state index in [1.807, 2.05) is 0 Å². The highest BCUT2D eigenvalue weighted by Gasteiger charge is 2.10. The molecule has 0 aliphatic rings. The molecule has 0 radical (unpaired) electrons. The zero-order chi connectivity index (χ0) is 13.1. The Morgan fingerprint density at radius 3 is 2.61 bits per heavy atom. The smallest absolute Gasteiger partial charge is 0.257 e. The first kappa shape index (κ1) is 12.9. The minimum Gasteiger partial charge on any atom is -0.257 e. The van der Waals surface area contributed by atoms with Gasteiger partial charge in [-0.15, -0.1) is 0 Å². The van der Waals surface area contributed by atoms with Gasteiger partial charge in [0.1, 0.15) is 6.20 Å². The Labute approximate surface area is 116 Å². The van der Waals surface area contributed by atoms with Crippen molar-refractivity contribution >= 4 is 50.9 Å². The van der Waals surface area contributed by atoms with Gasteiger partial charge in [0.15, 0.2) is 0 Å². The van der Waals surface area contributed by atoms with E-state index in [0.717, 1.165) is 17.5 Å². The number of benzene rings is 1. The van der Waals surface area contributed by atoms with Gasteiger partial charge in [0.25, 0.3) is 0 Å². The Hall–Kier alpha value is -1.50. The van der Waals surface area contributed by atoms with Crippen molar-refractivity contribution in [3.8, 4) is 0 Å². The molecular weight excluding hydrogens is 297 g/mol. The number of hydrogen-bond donors (Lipinski definition) is 0. The van der Waals surface area contributed by atoms with Gasteiger partial charge >= 0.3 is 5.00 Å². The van der Waals surface area contributed by atoms with Gasteiger partial charge in [-0.2, -0.15) is 0 Å². The highest BCUT2D eigenvalue weighted by molar-refractivity contribution is 7.18. The summed E-state index contributed by atoms with van der Waals surface area (Å²) in [6, 6.07) is 5.08. The number of nitrogens with zero attached hydrogens (tertiary/aromatic N) is 3. The van der Waals surface area contributed by atoms with Crippen LogP contribution < -0.4 is 0 Å². The van der Waals surface area contributed by atoms with Crippen LogP contribution >= 0.6 is 34.5 Å². The lowest BCUT2D eigenvalue weighted by molar-refractivity contribution is -0.380. The second-order valence-electron chi connectivity index (χ2n) is 3.13. The zero-order valence-electron chi connectivity index (χ0n) is 8.71. The lowest BCUT2D eigenvalue weighted by atomic mass is 10.2. The molecule has 2 rings (SSSR count). The molecule has 8 heteroatoms. The predicted octanol–water partition coefficient (Wildman–Crippen LogP) is 4.11. The average Bonchev–Trinajstić information content (AvgIpc) is 2.77. The number of rotatable bonds is 3. The van der Waals surface area contributed by atoms with Crippen molar-refractivity contribution in [3.63, 3.8) is 0 Å². The third-order valence-corrected chi connectivity index (χ3v) is 3.48. The number of aromatic nitrogens is 1. The van der Waals surface area contributed by atoms with Gasteiger partial charge in [-0.3, -0.25) is 10.1 Å². The molecule has 1 heterocycles. The standard InChI is InChI=1S/C10H5Cl2N3O2S/c11-7-2-1-3-8(12)6(7)4-13-10-14-5-9(18-10)15(16)17/h1-5H/b13-4-. The molecule has 2 aromatic rings. The molecular formula is C10H5Cl2N3O2S. The van der Waals surface area contributed by atoms with Crippen LogP contribution in [0.15, 0.2) is 29.4 Å². The topological polar surface area (TPSA) is 68.4 Å². The summed E-state index contributed by atoms with van der Waals surface area (Å²) >= 11 is 12.8. The summed E-state index contributed by atoms with van der Waals surface area (Å²) in [6.45, 7) is 0. The Balaban J connectivity index is 2.27. The molecule has 18 heavy (non-hydrogen) atoms. The van der Waals surface area contributed by atoms with Crippen LogP contribution in [0, 0.1) is 10.1 Å². The molecule has 0 saturated heterocycles. The van der Waals surface area contributed by atoms with E-state index in [1.165, 1.54) is 6.21 Å². The predicted molar refractivity (Wildman–Crippen MR) is 72.5 cm³/mol. The molecule has 5 nitrogen and oxygen atoms in total. The molecule has 0 spiro atoms. The molecule has 1 aromatic carbocycles.